The van der Waals surface area contributed by atoms with Gasteiger partial charge in [0.1, 0.15) is 12.2 Å². The number of carbonyl (C=O) groups is 1. The van der Waals surface area contributed by atoms with Crippen molar-refractivity contribution in [1.29, 1.82) is 0 Å². The van der Waals surface area contributed by atoms with Gasteiger partial charge in [-0.25, -0.2) is 0 Å². The molecule has 0 aromatic heterocycles. The van der Waals surface area contributed by atoms with Gasteiger partial charge in [-0.3, -0.25) is 4.79 Å². The van der Waals surface area contributed by atoms with Crippen LogP contribution < -0.4 is 5.73 Å². The molecule has 0 bridgehead atoms. The first-order valence-corrected chi connectivity index (χ1v) is 5.57. The van der Waals surface area contributed by atoms with Crippen LogP contribution in [0.4, 0.5) is 0 Å². The molecule has 2 rings (SSSR count). The molecule has 0 aromatic carbocycles. The maximum atomic E-state index is 11.1. The summed E-state index contributed by atoms with van der Waals surface area (Å²) in [6, 6.07) is 0. The number of aliphatic hydroxyl groups excluding tert-OH is 2. The van der Waals surface area contributed by atoms with Crippen LogP contribution >= 0.6 is 0 Å². The molecule has 0 saturated carbocycles. The molecular weight excluding hydrogens is 240 g/mol. The normalized spacial score (nSPS) is 35.7. The molecule has 7 nitrogen and oxygen atoms in total. The highest BCUT2D eigenvalue weighted by molar-refractivity contribution is 5.92. The largest absolute Gasteiger partial charge is 0.394 e. The molecule has 7 heteroatoms. The van der Waals surface area contributed by atoms with Gasteiger partial charge >= 0.3 is 0 Å². The Hall–Kier alpha value is -1.41. The molecule has 5 N–H and O–H groups in total. The zero-order valence-corrected chi connectivity index (χ0v) is 9.69. The van der Waals surface area contributed by atoms with Crippen molar-refractivity contribution >= 4 is 5.91 Å². The van der Waals surface area contributed by atoms with Crippen LogP contribution in [-0.4, -0.2) is 57.3 Å². The maximum absolute atomic E-state index is 11.1. The average Bonchev–Trinajstić information content (AvgIpc) is 2.67. The summed E-state index contributed by atoms with van der Waals surface area (Å²) in [6.07, 6.45) is 2.82. The minimum Gasteiger partial charge on any atom is -0.394 e. The Labute approximate surface area is 104 Å². The van der Waals surface area contributed by atoms with Gasteiger partial charge in [0.05, 0.1) is 13.2 Å². The molecule has 0 spiro atoms. The van der Waals surface area contributed by atoms with Gasteiger partial charge in [-0.1, -0.05) is 6.08 Å². The predicted molar refractivity (Wildman–Crippen MR) is 60.7 cm³/mol. The Bertz CT molecular complexity index is 408. The molecule has 1 saturated heterocycles. The summed E-state index contributed by atoms with van der Waals surface area (Å²) in [5.41, 5.74) is 3.80. The van der Waals surface area contributed by atoms with Gasteiger partial charge in [0.15, 0.2) is 5.72 Å². The number of rotatable bonds is 3. The molecule has 3 atom stereocenters. The van der Waals surface area contributed by atoms with E-state index in [1.54, 1.807) is 12.3 Å². The Balaban J connectivity index is 2.23. The van der Waals surface area contributed by atoms with Gasteiger partial charge in [0.2, 0.25) is 5.91 Å². The third-order valence-corrected chi connectivity index (χ3v) is 3.18. The van der Waals surface area contributed by atoms with E-state index in [1.807, 2.05) is 0 Å². The molecule has 18 heavy (non-hydrogen) atoms. The SMILES string of the molecule is NC(=O)C1=CN(C2(O)CO[C@H](CO)[C@H]2O)C=CC1. The summed E-state index contributed by atoms with van der Waals surface area (Å²) in [6.45, 7) is -0.570. The lowest BCUT2D eigenvalue weighted by atomic mass is 10.0. The summed E-state index contributed by atoms with van der Waals surface area (Å²) in [7, 11) is 0. The highest BCUT2D eigenvalue weighted by Crippen LogP contribution is 2.31. The van der Waals surface area contributed by atoms with Gasteiger partial charge in [0.25, 0.3) is 0 Å². The number of aliphatic hydroxyl groups is 3. The minimum atomic E-state index is -1.70. The van der Waals surface area contributed by atoms with Crippen molar-refractivity contribution in [3.05, 3.63) is 24.0 Å². The lowest BCUT2D eigenvalue weighted by Crippen LogP contribution is -2.54. The molecule has 1 unspecified atom stereocenters. The molecular formula is C11H16N2O5. The predicted octanol–water partition coefficient (Wildman–Crippen LogP) is -1.98. The molecule has 1 fully saturated rings. The van der Waals surface area contributed by atoms with Crippen LogP contribution in [0, 0.1) is 0 Å². The molecule has 100 valence electrons. The van der Waals surface area contributed by atoms with Crippen LogP contribution in [0.1, 0.15) is 6.42 Å². The molecule has 2 aliphatic heterocycles. The first-order chi connectivity index (χ1) is 8.49. The zero-order valence-electron chi connectivity index (χ0n) is 9.69. The third kappa shape index (κ3) is 2.01. The number of allylic oxidation sites excluding steroid dienone is 1. The van der Waals surface area contributed by atoms with E-state index in [2.05, 4.69) is 0 Å². The first kappa shape index (κ1) is 13.0. The van der Waals surface area contributed by atoms with E-state index in [0.717, 1.165) is 0 Å². The van der Waals surface area contributed by atoms with Crippen molar-refractivity contribution in [3.63, 3.8) is 0 Å². The Kier molecular flexibility index (Phi) is 3.40. The van der Waals surface area contributed by atoms with Crippen molar-refractivity contribution in [2.24, 2.45) is 5.73 Å². The summed E-state index contributed by atoms with van der Waals surface area (Å²) < 4.78 is 5.11. The fourth-order valence-corrected chi connectivity index (χ4v) is 2.05. The van der Waals surface area contributed by atoms with E-state index < -0.39 is 30.4 Å². The van der Waals surface area contributed by atoms with E-state index in [-0.39, 0.29) is 6.61 Å². The van der Waals surface area contributed by atoms with Gasteiger partial charge in [-0.05, 0) is 6.42 Å². The van der Waals surface area contributed by atoms with Gasteiger partial charge in [-0.2, -0.15) is 0 Å². The fourth-order valence-electron chi connectivity index (χ4n) is 2.05. The fraction of sp³-hybridized carbons (Fsp3) is 0.545. The Morgan fingerprint density at radius 2 is 2.39 bits per heavy atom. The molecule has 2 aliphatic rings. The second-order valence-electron chi connectivity index (χ2n) is 4.37. The van der Waals surface area contributed by atoms with Crippen LogP contribution in [0.2, 0.25) is 0 Å². The van der Waals surface area contributed by atoms with E-state index in [9.17, 15) is 15.0 Å². The summed E-state index contributed by atoms with van der Waals surface area (Å²) >= 11 is 0. The molecule has 0 aliphatic carbocycles. The number of hydrogen-bond acceptors (Lipinski definition) is 6. The van der Waals surface area contributed by atoms with E-state index in [4.69, 9.17) is 15.6 Å². The van der Waals surface area contributed by atoms with Crippen LogP contribution in [0.25, 0.3) is 0 Å². The van der Waals surface area contributed by atoms with Crippen molar-refractivity contribution in [2.45, 2.75) is 24.4 Å². The molecule has 0 radical (unpaired) electrons. The Morgan fingerprint density at radius 1 is 1.67 bits per heavy atom. The standard InChI is InChI=1S/C11H16N2O5/c12-10(16)7-2-1-3-13(4-7)11(17)6-18-8(5-14)9(11)15/h1,3-4,8-9,14-15,17H,2,5-6H2,(H2,12,16)/t8-,9-,11?/m1/s1. The highest BCUT2D eigenvalue weighted by atomic mass is 16.6. The number of nitrogens with zero attached hydrogens (tertiary/aromatic N) is 1. The van der Waals surface area contributed by atoms with Crippen molar-refractivity contribution in [1.82, 2.24) is 4.90 Å². The van der Waals surface area contributed by atoms with Gasteiger partial charge in [0, 0.05) is 18.0 Å². The third-order valence-electron chi connectivity index (χ3n) is 3.18. The quantitative estimate of drug-likeness (QED) is 0.465. The average molecular weight is 256 g/mol. The lowest BCUT2D eigenvalue weighted by molar-refractivity contribution is -0.126. The number of nitrogens with two attached hydrogens (primary N) is 1. The van der Waals surface area contributed by atoms with Crippen LogP contribution in [0.15, 0.2) is 24.0 Å². The second-order valence-corrected chi connectivity index (χ2v) is 4.37. The number of carbonyl (C=O) groups excluding carboxylic acids is 1. The van der Waals surface area contributed by atoms with E-state index >= 15 is 0 Å². The van der Waals surface area contributed by atoms with Gasteiger partial charge in [-0.15, -0.1) is 0 Å². The van der Waals surface area contributed by atoms with Gasteiger partial charge < -0.3 is 30.7 Å². The summed E-state index contributed by atoms with van der Waals surface area (Å²) in [4.78, 5) is 12.4. The Morgan fingerprint density at radius 3 is 2.94 bits per heavy atom. The summed E-state index contributed by atoms with van der Waals surface area (Å²) in [5, 5.41) is 29.3. The molecule has 2 heterocycles. The zero-order chi connectivity index (χ0) is 13.3. The summed E-state index contributed by atoms with van der Waals surface area (Å²) in [5.74, 6) is -0.583. The van der Waals surface area contributed by atoms with Crippen molar-refractivity contribution in [3.8, 4) is 0 Å². The monoisotopic (exact) mass is 256 g/mol. The van der Waals surface area contributed by atoms with Crippen molar-refractivity contribution < 1.29 is 24.9 Å². The minimum absolute atomic E-state index is 0.174. The lowest BCUT2D eigenvalue weighted by Gasteiger charge is -2.36. The smallest absolute Gasteiger partial charge is 0.246 e. The van der Waals surface area contributed by atoms with E-state index in [0.29, 0.717) is 12.0 Å². The van der Waals surface area contributed by atoms with Crippen LogP contribution in [0.3, 0.4) is 0 Å². The number of amides is 1. The van der Waals surface area contributed by atoms with Crippen LogP contribution in [0.5, 0.6) is 0 Å². The van der Waals surface area contributed by atoms with E-state index in [1.165, 1.54) is 11.1 Å². The van der Waals surface area contributed by atoms with Crippen molar-refractivity contribution in [2.75, 3.05) is 13.2 Å². The number of primary amides is 1. The highest BCUT2D eigenvalue weighted by Gasteiger charge is 2.51. The first-order valence-electron chi connectivity index (χ1n) is 5.57. The molecule has 0 aromatic rings. The molecule has 1 amide bonds. The second kappa shape index (κ2) is 4.69. The topological polar surface area (TPSA) is 116 Å². The number of ether oxygens (including phenoxy) is 1. The maximum Gasteiger partial charge on any atom is 0.246 e. The number of hydrogen-bond donors (Lipinski definition) is 4. The van der Waals surface area contributed by atoms with Crippen LogP contribution in [-0.2, 0) is 9.53 Å².